The minimum Gasteiger partial charge on any atom is -0.326 e. The van der Waals surface area contributed by atoms with Crippen molar-refractivity contribution in [3.8, 4) is 0 Å². The zero-order valence-electron chi connectivity index (χ0n) is 12.3. The third-order valence-electron chi connectivity index (χ3n) is 2.67. The number of carbonyl (C=O) groups is 2. The summed E-state index contributed by atoms with van der Waals surface area (Å²) in [6.07, 6.45) is 2.42. The van der Waals surface area contributed by atoms with Crippen molar-refractivity contribution in [2.24, 2.45) is 5.10 Å². The van der Waals surface area contributed by atoms with E-state index in [0.29, 0.717) is 12.1 Å². The number of hydrogen-bond acceptors (Lipinski definition) is 3. The van der Waals surface area contributed by atoms with Crippen molar-refractivity contribution in [3.05, 3.63) is 27.8 Å². The van der Waals surface area contributed by atoms with Gasteiger partial charge in [0, 0.05) is 21.4 Å². The highest BCUT2D eigenvalue weighted by Crippen LogP contribution is 2.11. The first kappa shape index (κ1) is 17.6. The number of rotatable bonds is 7. The van der Waals surface area contributed by atoms with E-state index in [-0.39, 0.29) is 18.2 Å². The molecular formula is C15H20IN3O2. The van der Waals surface area contributed by atoms with Crippen LogP contribution in [0.25, 0.3) is 0 Å². The second-order valence-electron chi connectivity index (χ2n) is 4.72. The fourth-order valence-electron chi connectivity index (χ4n) is 1.56. The molecule has 0 saturated carbocycles. The number of benzene rings is 1. The summed E-state index contributed by atoms with van der Waals surface area (Å²) >= 11 is 2.20. The van der Waals surface area contributed by atoms with Gasteiger partial charge in [-0.15, -0.1) is 0 Å². The van der Waals surface area contributed by atoms with Gasteiger partial charge in [0.25, 0.3) is 0 Å². The number of hydrazone groups is 1. The van der Waals surface area contributed by atoms with Crippen molar-refractivity contribution in [3.63, 3.8) is 0 Å². The maximum atomic E-state index is 11.8. The largest absolute Gasteiger partial charge is 0.326 e. The Morgan fingerprint density at radius 1 is 1.19 bits per heavy atom. The van der Waals surface area contributed by atoms with Gasteiger partial charge in [-0.1, -0.05) is 13.3 Å². The molecule has 0 aliphatic heterocycles. The summed E-state index contributed by atoms with van der Waals surface area (Å²) in [6, 6.07) is 7.54. The summed E-state index contributed by atoms with van der Waals surface area (Å²) in [5.41, 5.74) is 3.78. The Bertz CT molecular complexity index is 512. The number of hydrogen-bond donors (Lipinski definition) is 2. The molecular weight excluding hydrogens is 381 g/mol. The van der Waals surface area contributed by atoms with Crippen LogP contribution in [0.1, 0.15) is 39.5 Å². The molecule has 5 nitrogen and oxygen atoms in total. The summed E-state index contributed by atoms with van der Waals surface area (Å²) < 4.78 is 1.11. The number of amides is 2. The van der Waals surface area contributed by atoms with Crippen LogP contribution in [0.15, 0.2) is 29.4 Å². The van der Waals surface area contributed by atoms with Crippen LogP contribution in [0.2, 0.25) is 0 Å². The highest BCUT2D eigenvalue weighted by atomic mass is 127. The molecule has 2 N–H and O–H groups in total. The highest BCUT2D eigenvalue weighted by molar-refractivity contribution is 14.1. The van der Waals surface area contributed by atoms with Gasteiger partial charge in [-0.2, -0.15) is 5.10 Å². The van der Waals surface area contributed by atoms with Crippen LogP contribution in [0.5, 0.6) is 0 Å². The average Bonchev–Trinajstić information content (AvgIpc) is 2.45. The summed E-state index contributed by atoms with van der Waals surface area (Å²) in [4.78, 5) is 23.2. The first-order chi connectivity index (χ1) is 10.0. The highest BCUT2D eigenvalue weighted by Gasteiger charge is 2.05. The third-order valence-corrected chi connectivity index (χ3v) is 3.39. The molecule has 0 saturated heterocycles. The molecule has 0 heterocycles. The number of nitrogens with one attached hydrogen (secondary N) is 2. The van der Waals surface area contributed by atoms with Crippen LogP contribution < -0.4 is 10.7 Å². The standard InChI is InChI=1S/C15H20IN3O2/c1-3-4-5-14(20)19-18-11(2)10-15(21)17-13-8-6-12(16)7-9-13/h6-9H,3-5,10H2,1-2H3,(H,17,21)(H,19,20). The lowest BCUT2D eigenvalue weighted by atomic mass is 10.2. The van der Waals surface area contributed by atoms with Gasteiger partial charge >= 0.3 is 0 Å². The molecule has 6 heteroatoms. The molecule has 0 fully saturated rings. The molecule has 1 aromatic rings. The molecule has 0 aromatic heterocycles. The first-order valence-electron chi connectivity index (χ1n) is 6.88. The summed E-state index contributed by atoms with van der Waals surface area (Å²) in [5, 5.41) is 6.71. The van der Waals surface area contributed by atoms with Crippen molar-refractivity contribution >= 4 is 45.8 Å². The average molecular weight is 401 g/mol. The molecule has 1 aromatic carbocycles. The molecule has 21 heavy (non-hydrogen) atoms. The van der Waals surface area contributed by atoms with E-state index in [0.717, 1.165) is 22.1 Å². The molecule has 2 amide bonds. The Balaban J connectivity index is 2.39. The first-order valence-corrected chi connectivity index (χ1v) is 7.96. The van der Waals surface area contributed by atoms with E-state index in [1.54, 1.807) is 6.92 Å². The second-order valence-corrected chi connectivity index (χ2v) is 5.96. The number of nitrogens with zero attached hydrogens (tertiary/aromatic N) is 1. The van der Waals surface area contributed by atoms with Crippen molar-refractivity contribution in [1.82, 2.24) is 5.43 Å². The number of unbranched alkanes of at least 4 members (excludes halogenated alkanes) is 1. The Morgan fingerprint density at radius 2 is 1.86 bits per heavy atom. The van der Waals surface area contributed by atoms with Gasteiger partial charge in [-0.05, 0) is 60.2 Å². The van der Waals surface area contributed by atoms with E-state index in [1.807, 2.05) is 31.2 Å². The van der Waals surface area contributed by atoms with E-state index < -0.39 is 0 Å². The quantitative estimate of drug-likeness (QED) is 0.418. The van der Waals surface area contributed by atoms with Gasteiger partial charge in [0.15, 0.2) is 0 Å². The fraction of sp³-hybridized carbons (Fsp3) is 0.400. The van der Waals surface area contributed by atoms with E-state index in [4.69, 9.17) is 0 Å². The normalized spacial score (nSPS) is 11.1. The topological polar surface area (TPSA) is 70.6 Å². The monoisotopic (exact) mass is 401 g/mol. The molecule has 114 valence electrons. The Labute approximate surface area is 138 Å². The van der Waals surface area contributed by atoms with Crippen LogP contribution >= 0.6 is 22.6 Å². The number of anilines is 1. The summed E-state index contributed by atoms with van der Waals surface area (Å²) in [5.74, 6) is -0.269. The van der Waals surface area contributed by atoms with Gasteiger partial charge in [0.2, 0.25) is 11.8 Å². The predicted octanol–water partition coefficient (Wildman–Crippen LogP) is 3.30. The van der Waals surface area contributed by atoms with Crippen LogP contribution in [0, 0.1) is 3.57 Å². The lowest BCUT2D eigenvalue weighted by Gasteiger charge is -2.05. The van der Waals surface area contributed by atoms with Crippen molar-refractivity contribution in [2.75, 3.05) is 5.32 Å². The van der Waals surface area contributed by atoms with E-state index >= 15 is 0 Å². The SMILES string of the molecule is CCCCC(=O)NN=C(C)CC(=O)Nc1ccc(I)cc1. The lowest BCUT2D eigenvalue weighted by molar-refractivity contribution is -0.121. The van der Waals surface area contributed by atoms with Crippen LogP contribution in [-0.4, -0.2) is 17.5 Å². The van der Waals surface area contributed by atoms with Crippen molar-refractivity contribution in [1.29, 1.82) is 0 Å². The van der Waals surface area contributed by atoms with E-state index in [1.165, 1.54) is 0 Å². The number of halogens is 1. The minimum absolute atomic E-state index is 0.116. The van der Waals surface area contributed by atoms with Gasteiger partial charge < -0.3 is 5.32 Å². The zero-order chi connectivity index (χ0) is 15.7. The van der Waals surface area contributed by atoms with Gasteiger partial charge in [-0.3, -0.25) is 9.59 Å². The predicted molar refractivity (Wildman–Crippen MR) is 93.2 cm³/mol. The summed E-state index contributed by atoms with van der Waals surface area (Å²) in [6.45, 7) is 3.74. The molecule has 0 unspecified atom stereocenters. The fourth-order valence-corrected chi connectivity index (χ4v) is 1.92. The van der Waals surface area contributed by atoms with Crippen LogP contribution in [-0.2, 0) is 9.59 Å². The maximum absolute atomic E-state index is 11.8. The van der Waals surface area contributed by atoms with Crippen molar-refractivity contribution < 1.29 is 9.59 Å². The van der Waals surface area contributed by atoms with Gasteiger partial charge in [0.05, 0.1) is 6.42 Å². The molecule has 0 aliphatic rings. The smallest absolute Gasteiger partial charge is 0.240 e. The molecule has 0 radical (unpaired) electrons. The van der Waals surface area contributed by atoms with Crippen molar-refractivity contribution in [2.45, 2.75) is 39.5 Å². The van der Waals surface area contributed by atoms with Crippen LogP contribution in [0.3, 0.4) is 0 Å². The number of carbonyl (C=O) groups excluding carboxylic acids is 2. The molecule has 0 spiro atoms. The Kier molecular flexibility index (Phi) is 7.96. The van der Waals surface area contributed by atoms with Crippen LogP contribution in [0.4, 0.5) is 5.69 Å². The van der Waals surface area contributed by atoms with Gasteiger partial charge in [-0.25, -0.2) is 5.43 Å². The van der Waals surface area contributed by atoms with Gasteiger partial charge in [0.1, 0.15) is 0 Å². The molecule has 1 rings (SSSR count). The molecule has 0 bridgehead atoms. The Hall–Kier alpha value is -1.44. The lowest BCUT2D eigenvalue weighted by Crippen LogP contribution is -2.21. The van der Waals surface area contributed by atoms with E-state index in [2.05, 4.69) is 38.4 Å². The molecule has 0 aliphatic carbocycles. The minimum atomic E-state index is -0.153. The second kappa shape index (κ2) is 9.49. The maximum Gasteiger partial charge on any atom is 0.240 e. The van der Waals surface area contributed by atoms with E-state index in [9.17, 15) is 9.59 Å². The molecule has 0 atom stereocenters. The summed E-state index contributed by atoms with van der Waals surface area (Å²) in [7, 11) is 0. The Morgan fingerprint density at radius 3 is 2.48 bits per heavy atom. The third kappa shape index (κ3) is 7.79. The zero-order valence-corrected chi connectivity index (χ0v) is 14.4.